The lowest BCUT2D eigenvalue weighted by Gasteiger charge is -2.45. The summed E-state index contributed by atoms with van der Waals surface area (Å²) >= 11 is 0. The van der Waals surface area contributed by atoms with Crippen LogP contribution >= 0.6 is 0 Å². The standard InChI is InChI=1S/C25H31N7O/c1-18(2)31-16-25(8-11-30(12-9-25)20-14-33-15-20)21-13-19(6-7-22(21)31)28-24-27-17-32(29-24)23-5-3-4-10-26-23/h3-7,10,13,17-18,20H,8-9,11-12,14-16H2,1-2H3,(H,28,29). The monoisotopic (exact) mass is 445 g/mol. The van der Waals surface area contributed by atoms with Crippen molar-refractivity contribution in [2.45, 2.75) is 44.2 Å². The minimum absolute atomic E-state index is 0.207. The molecular formula is C25H31N7O. The number of benzene rings is 1. The zero-order valence-corrected chi connectivity index (χ0v) is 19.3. The van der Waals surface area contributed by atoms with Crippen molar-refractivity contribution in [3.05, 3.63) is 54.5 Å². The van der Waals surface area contributed by atoms with Crippen molar-refractivity contribution in [1.29, 1.82) is 0 Å². The minimum atomic E-state index is 0.207. The number of aromatic nitrogens is 4. The molecule has 0 unspecified atom stereocenters. The van der Waals surface area contributed by atoms with Gasteiger partial charge >= 0.3 is 0 Å². The van der Waals surface area contributed by atoms with Crippen LogP contribution in [0.15, 0.2) is 48.9 Å². The smallest absolute Gasteiger partial charge is 0.247 e. The zero-order chi connectivity index (χ0) is 22.4. The van der Waals surface area contributed by atoms with Gasteiger partial charge in [-0.05, 0) is 75.7 Å². The SMILES string of the molecule is CC(C)N1CC2(CCN(C3COC3)CC2)c2cc(Nc3ncn(-c4ccccn4)n3)ccc21. The normalized spacial score (nSPS) is 20.3. The van der Waals surface area contributed by atoms with Crippen LogP contribution in [0.1, 0.15) is 32.3 Å². The highest BCUT2D eigenvalue weighted by Gasteiger charge is 2.46. The maximum absolute atomic E-state index is 5.44. The van der Waals surface area contributed by atoms with Gasteiger partial charge in [-0.15, -0.1) is 5.10 Å². The summed E-state index contributed by atoms with van der Waals surface area (Å²) in [5.41, 5.74) is 4.09. The molecule has 3 aromatic rings. The Kier molecular flexibility index (Phi) is 5.07. The van der Waals surface area contributed by atoms with Crippen LogP contribution in [0.3, 0.4) is 0 Å². The maximum atomic E-state index is 5.44. The van der Waals surface area contributed by atoms with Crippen molar-refractivity contribution in [2.75, 3.05) is 43.1 Å². The average Bonchev–Trinajstić information content (AvgIpc) is 3.38. The molecule has 2 fully saturated rings. The van der Waals surface area contributed by atoms with Gasteiger partial charge in [-0.25, -0.2) is 9.67 Å². The van der Waals surface area contributed by atoms with E-state index in [0.717, 1.165) is 44.4 Å². The third-order valence-electron chi connectivity index (χ3n) is 7.50. The molecule has 0 bridgehead atoms. The van der Waals surface area contributed by atoms with E-state index in [0.29, 0.717) is 18.0 Å². The highest BCUT2D eigenvalue weighted by Crippen LogP contribution is 2.49. The third-order valence-corrected chi connectivity index (χ3v) is 7.50. The zero-order valence-electron chi connectivity index (χ0n) is 19.3. The summed E-state index contributed by atoms with van der Waals surface area (Å²) in [6, 6.07) is 13.6. The first-order valence-electron chi connectivity index (χ1n) is 11.9. The molecular weight excluding hydrogens is 414 g/mol. The molecule has 0 amide bonds. The van der Waals surface area contributed by atoms with Gasteiger partial charge in [-0.2, -0.15) is 4.98 Å². The Balaban J connectivity index is 1.26. The highest BCUT2D eigenvalue weighted by molar-refractivity contribution is 5.70. The number of fused-ring (bicyclic) bond motifs is 2. The number of hydrogen-bond donors (Lipinski definition) is 1. The van der Waals surface area contributed by atoms with E-state index in [1.165, 1.54) is 24.1 Å². The second-order valence-corrected chi connectivity index (χ2v) is 9.79. The third kappa shape index (κ3) is 3.67. The average molecular weight is 446 g/mol. The van der Waals surface area contributed by atoms with Gasteiger partial charge in [0.15, 0.2) is 5.82 Å². The highest BCUT2D eigenvalue weighted by atomic mass is 16.5. The van der Waals surface area contributed by atoms with Gasteiger partial charge < -0.3 is 15.0 Å². The molecule has 6 rings (SSSR count). The summed E-state index contributed by atoms with van der Waals surface area (Å²) in [6.07, 6.45) is 5.83. The summed E-state index contributed by atoms with van der Waals surface area (Å²) in [5, 5.41) is 7.98. The number of ether oxygens (including phenoxy) is 1. The fraction of sp³-hybridized carbons (Fsp3) is 0.480. The van der Waals surface area contributed by atoms with Crippen molar-refractivity contribution in [2.24, 2.45) is 0 Å². The van der Waals surface area contributed by atoms with E-state index in [4.69, 9.17) is 4.74 Å². The van der Waals surface area contributed by atoms with E-state index in [1.54, 1.807) is 17.2 Å². The van der Waals surface area contributed by atoms with E-state index >= 15 is 0 Å². The topological polar surface area (TPSA) is 71.3 Å². The number of rotatable bonds is 5. The van der Waals surface area contributed by atoms with Crippen LogP contribution in [-0.4, -0.2) is 69.6 Å². The molecule has 0 saturated carbocycles. The first-order valence-corrected chi connectivity index (χ1v) is 11.9. The van der Waals surface area contributed by atoms with E-state index in [1.807, 2.05) is 18.2 Å². The van der Waals surface area contributed by atoms with Crippen LogP contribution in [0.2, 0.25) is 0 Å². The Bertz CT molecular complexity index is 1120. The molecule has 8 heteroatoms. The molecule has 1 N–H and O–H groups in total. The number of likely N-dealkylation sites (tertiary alicyclic amines) is 1. The van der Waals surface area contributed by atoms with Crippen LogP contribution in [0.5, 0.6) is 0 Å². The largest absolute Gasteiger partial charge is 0.378 e. The summed E-state index contributed by atoms with van der Waals surface area (Å²) in [7, 11) is 0. The van der Waals surface area contributed by atoms with Crippen molar-refractivity contribution in [3.63, 3.8) is 0 Å². The van der Waals surface area contributed by atoms with Crippen LogP contribution in [0.4, 0.5) is 17.3 Å². The summed E-state index contributed by atoms with van der Waals surface area (Å²) in [6.45, 7) is 9.78. The lowest BCUT2D eigenvalue weighted by molar-refractivity contribution is -0.0752. The second-order valence-electron chi connectivity index (χ2n) is 9.79. The first kappa shape index (κ1) is 20.6. The van der Waals surface area contributed by atoms with Crippen molar-refractivity contribution < 1.29 is 4.74 Å². The minimum Gasteiger partial charge on any atom is -0.378 e. The first-order chi connectivity index (χ1) is 16.1. The molecule has 2 aromatic heterocycles. The number of nitrogens with zero attached hydrogens (tertiary/aromatic N) is 6. The number of anilines is 3. The molecule has 1 aromatic carbocycles. The van der Waals surface area contributed by atoms with Gasteiger partial charge in [0.05, 0.1) is 19.3 Å². The van der Waals surface area contributed by atoms with Crippen LogP contribution in [0, 0.1) is 0 Å². The van der Waals surface area contributed by atoms with Crippen molar-refractivity contribution in [1.82, 2.24) is 24.6 Å². The molecule has 3 aliphatic heterocycles. The number of hydrogen-bond acceptors (Lipinski definition) is 7. The lowest BCUT2D eigenvalue weighted by Crippen LogP contribution is -2.55. The molecule has 0 atom stereocenters. The van der Waals surface area contributed by atoms with Gasteiger partial charge in [-0.1, -0.05) is 6.07 Å². The Morgan fingerprint density at radius 1 is 1.09 bits per heavy atom. The predicted molar refractivity (Wildman–Crippen MR) is 128 cm³/mol. The van der Waals surface area contributed by atoms with E-state index < -0.39 is 0 Å². The fourth-order valence-corrected chi connectivity index (χ4v) is 5.47. The molecule has 33 heavy (non-hydrogen) atoms. The number of nitrogens with one attached hydrogen (secondary N) is 1. The molecule has 0 aliphatic carbocycles. The molecule has 8 nitrogen and oxygen atoms in total. The Morgan fingerprint density at radius 2 is 1.94 bits per heavy atom. The Labute approximate surface area is 194 Å². The summed E-state index contributed by atoms with van der Waals surface area (Å²) in [5.74, 6) is 1.33. The van der Waals surface area contributed by atoms with Crippen molar-refractivity contribution in [3.8, 4) is 5.82 Å². The lowest BCUT2D eigenvalue weighted by atomic mass is 9.74. The van der Waals surface area contributed by atoms with E-state index in [2.05, 4.69) is 62.2 Å². The predicted octanol–water partition coefficient (Wildman–Crippen LogP) is 3.37. The van der Waals surface area contributed by atoms with Crippen molar-refractivity contribution >= 4 is 17.3 Å². The van der Waals surface area contributed by atoms with E-state index in [-0.39, 0.29) is 5.41 Å². The molecule has 1 spiro atoms. The summed E-state index contributed by atoms with van der Waals surface area (Å²) < 4.78 is 7.13. The molecule has 0 radical (unpaired) electrons. The summed E-state index contributed by atoms with van der Waals surface area (Å²) in [4.78, 5) is 14.0. The molecule has 2 saturated heterocycles. The number of pyridine rings is 1. The Morgan fingerprint density at radius 3 is 2.64 bits per heavy atom. The van der Waals surface area contributed by atoms with Gasteiger partial charge in [0.1, 0.15) is 6.33 Å². The van der Waals surface area contributed by atoms with Gasteiger partial charge in [0, 0.05) is 35.6 Å². The van der Waals surface area contributed by atoms with Gasteiger partial charge in [-0.3, -0.25) is 4.90 Å². The Hall–Kier alpha value is -2.97. The molecule has 3 aliphatic rings. The van der Waals surface area contributed by atoms with Crippen LogP contribution < -0.4 is 10.2 Å². The van der Waals surface area contributed by atoms with Gasteiger partial charge in [0.25, 0.3) is 0 Å². The fourth-order valence-electron chi connectivity index (χ4n) is 5.47. The maximum Gasteiger partial charge on any atom is 0.247 e. The van der Waals surface area contributed by atoms with Crippen LogP contribution in [0.25, 0.3) is 5.82 Å². The second kappa shape index (κ2) is 8.11. The number of piperidine rings is 1. The molecule has 172 valence electrons. The quantitative estimate of drug-likeness (QED) is 0.646. The van der Waals surface area contributed by atoms with E-state index in [9.17, 15) is 0 Å². The molecule has 5 heterocycles. The van der Waals surface area contributed by atoms with Crippen LogP contribution in [-0.2, 0) is 10.2 Å². The van der Waals surface area contributed by atoms with Gasteiger partial charge in [0.2, 0.25) is 5.95 Å².